The first-order chi connectivity index (χ1) is 9.99. The molecule has 4 nitrogen and oxygen atoms in total. The Bertz CT molecular complexity index is 841. The molecular formula is C14H7F3N4. The van der Waals surface area contributed by atoms with Crippen LogP contribution in [0.15, 0.2) is 42.9 Å². The number of rotatable bonds is 1. The number of halogens is 3. The lowest BCUT2D eigenvalue weighted by atomic mass is 10.2. The predicted molar refractivity (Wildman–Crippen MR) is 68.1 cm³/mol. The lowest BCUT2D eigenvalue weighted by Gasteiger charge is -2.08. The molecule has 7 heteroatoms. The van der Waals surface area contributed by atoms with E-state index in [1.165, 1.54) is 6.07 Å². The summed E-state index contributed by atoms with van der Waals surface area (Å²) in [5, 5.41) is 8.96. The Balaban J connectivity index is 2.16. The minimum Gasteiger partial charge on any atom is -0.319 e. The summed E-state index contributed by atoms with van der Waals surface area (Å²) in [5.74, 6) is 0. The van der Waals surface area contributed by atoms with Crippen molar-refractivity contribution >= 4 is 5.52 Å². The molecule has 104 valence electrons. The minimum absolute atomic E-state index is 0.162. The van der Waals surface area contributed by atoms with E-state index < -0.39 is 11.7 Å². The molecule has 0 aromatic carbocycles. The van der Waals surface area contributed by atoms with Crippen LogP contribution in [0, 0.1) is 11.3 Å². The summed E-state index contributed by atoms with van der Waals surface area (Å²) in [7, 11) is 0. The number of alkyl halides is 3. The van der Waals surface area contributed by atoms with Crippen LogP contribution in [0.3, 0.4) is 0 Å². The first-order valence-corrected chi connectivity index (χ1v) is 5.90. The smallest absolute Gasteiger partial charge is 0.319 e. The van der Waals surface area contributed by atoms with Gasteiger partial charge in [-0.1, -0.05) is 0 Å². The monoisotopic (exact) mass is 288 g/mol. The molecule has 0 fully saturated rings. The van der Waals surface area contributed by atoms with Gasteiger partial charge < -0.3 is 4.40 Å². The van der Waals surface area contributed by atoms with E-state index in [-0.39, 0.29) is 11.4 Å². The number of hydrogen-bond acceptors (Lipinski definition) is 3. The largest absolute Gasteiger partial charge is 0.417 e. The third kappa shape index (κ3) is 2.31. The van der Waals surface area contributed by atoms with E-state index in [1.807, 2.05) is 6.07 Å². The van der Waals surface area contributed by atoms with Crippen LogP contribution in [0.4, 0.5) is 13.2 Å². The van der Waals surface area contributed by atoms with Crippen LogP contribution < -0.4 is 0 Å². The Morgan fingerprint density at radius 3 is 2.62 bits per heavy atom. The third-order valence-corrected chi connectivity index (χ3v) is 2.96. The maximum Gasteiger partial charge on any atom is 0.417 e. The second kappa shape index (κ2) is 4.59. The van der Waals surface area contributed by atoms with Gasteiger partial charge in [-0.25, -0.2) is 4.98 Å². The van der Waals surface area contributed by atoms with Crippen molar-refractivity contribution in [2.75, 3.05) is 0 Å². The van der Waals surface area contributed by atoms with Crippen LogP contribution in [-0.4, -0.2) is 14.4 Å². The maximum atomic E-state index is 12.5. The first kappa shape index (κ1) is 13.1. The van der Waals surface area contributed by atoms with Crippen LogP contribution >= 0.6 is 0 Å². The van der Waals surface area contributed by atoms with E-state index in [0.29, 0.717) is 11.2 Å². The maximum absolute atomic E-state index is 12.5. The van der Waals surface area contributed by atoms with Gasteiger partial charge >= 0.3 is 6.18 Å². The van der Waals surface area contributed by atoms with Gasteiger partial charge in [0.15, 0.2) is 5.69 Å². The predicted octanol–water partition coefficient (Wildman–Crippen LogP) is 3.29. The third-order valence-electron chi connectivity index (χ3n) is 2.96. The molecule has 0 saturated heterocycles. The van der Waals surface area contributed by atoms with E-state index in [0.717, 1.165) is 12.3 Å². The summed E-state index contributed by atoms with van der Waals surface area (Å²) >= 11 is 0. The van der Waals surface area contributed by atoms with Crippen molar-refractivity contribution in [3.8, 4) is 17.5 Å². The summed E-state index contributed by atoms with van der Waals surface area (Å²) < 4.78 is 39.3. The quantitative estimate of drug-likeness (QED) is 0.690. The van der Waals surface area contributed by atoms with Gasteiger partial charge in [0.2, 0.25) is 0 Å². The summed E-state index contributed by atoms with van der Waals surface area (Å²) in [6.45, 7) is 0. The topological polar surface area (TPSA) is 54.0 Å². The molecule has 3 aromatic heterocycles. The van der Waals surface area contributed by atoms with Crippen LogP contribution in [0.5, 0.6) is 0 Å². The highest BCUT2D eigenvalue weighted by Gasteiger charge is 2.30. The van der Waals surface area contributed by atoms with Crippen LogP contribution in [0.1, 0.15) is 11.3 Å². The minimum atomic E-state index is -4.43. The van der Waals surface area contributed by atoms with E-state index in [2.05, 4.69) is 9.97 Å². The lowest BCUT2D eigenvalue weighted by Crippen LogP contribution is -2.05. The van der Waals surface area contributed by atoms with Crippen molar-refractivity contribution in [1.82, 2.24) is 14.4 Å². The van der Waals surface area contributed by atoms with Crippen molar-refractivity contribution < 1.29 is 13.2 Å². The fraction of sp³-hybridized carbons (Fsp3) is 0.0714. The number of fused-ring (bicyclic) bond motifs is 1. The zero-order chi connectivity index (χ0) is 15.0. The number of hydrogen-bond donors (Lipinski definition) is 0. The first-order valence-electron chi connectivity index (χ1n) is 5.90. The van der Waals surface area contributed by atoms with Gasteiger partial charge in [-0.15, -0.1) is 0 Å². The molecule has 0 aliphatic heterocycles. The van der Waals surface area contributed by atoms with Crippen LogP contribution in [0.25, 0.3) is 16.9 Å². The fourth-order valence-electron chi connectivity index (χ4n) is 1.99. The van der Waals surface area contributed by atoms with E-state index in [1.54, 1.807) is 28.9 Å². The van der Waals surface area contributed by atoms with Crippen molar-refractivity contribution in [3.63, 3.8) is 0 Å². The van der Waals surface area contributed by atoms with Gasteiger partial charge in [0.1, 0.15) is 11.8 Å². The van der Waals surface area contributed by atoms with Crippen LogP contribution in [-0.2, 0) is 6.18 Å². The zero-order valence-electron chi connectivity index (χ0n) is 10.5. The molecule has 3 rings (SSSR count). The Kier molecular flexibility index (Phi) is 2.87. The lowest BCUT2D eigenvalue weighted by molar-refractivity contribution is -0.137. The van der Waals surface area contributed by atoms with Gasteiger partial charge in [-0.2, -0.15) is 18.4 Å². The molecular weight excluding hydrogens is 281 g/mol. The summed E-state index contributed by atoms with van der Waals surface area (Å²) in [4.78, 5) is 7.94. The molecule has 21 heavy (non-hydrogen) atoms. The molecule has 0 spiro atoms. The number of pyridine rings is 1. The molecule has 0 aliphatic rings. The second-order valence-electron chi connectivity index (χ2n) is 4.32. The molecule has 0 aliphatic carbocycles. The van der Waals surface area contributed by atoms with Gasteiger partial charge in [0, 0.05) is 18.6 Å². The van der Waals surface area contributed by atoms with Crippen molar-refractivity contribution in [2.45, 2.75) is 6.18 Å². The van der Waals surface area contributed by atoms with Crippen molar-refractivity contribution in [2.24, 2.45) is 0 Å². The highest BCUT2D eigenvalue weighted by molar-refractivity contribution is 5.75. The van der Waals surface area contributed by atoms with Gasteiger partial charge in [0.05, 0.1) is 16.8 Å². The molecule has 0 amide bonds. The summed E-state index contributed by atoms with van der Waals surface area (Å²) in [6.07, 6.45) is -0.401. The van der Waals surface area contributed by atoms with E-state index >= 15 is 0 Å². The van der Waals surface area contributed by atoms with Crippen molar-refractivity contribution in [1.29, 1.82) is 5.26 Å². The molecule has 0 N–H and O–H groups in total. The normalized spacial score (nSPS) is 11.5. The SMILES string of the molecule is N#Cc1cn2cccc2c(-c2ccc(C(F)(F)F)cn2)n1. The molecule has 0 saturated carbocycles. The molecule has 0 bridgehead atoms. The average molecular weight is 288 g/mol. The van der Waals surface area contributed by atoms with Crippen LogP contribution in [0.2, 0.25) is 0 Å². The summed E-state index contributed by atoms with van der Waals surface area (Å²) in [6, 6.07) is 7.62. The molecule has 0 radical (unpaired) electrons. The zero-order valence-corrected chi connectivity index (χ0v) is 10.5. The van der Waals surface area contributed by atoms with Gasteiger partial charge in [-0.05, 0) is 24.3 Å². The van der Waals surface area contributed by atoms with Crippen molar-refractivity contribution in [3.05, 3.63) is 54.1 Å². The van der Waals surface area contributed by atoms with E-state index in [4.69, 9.17) is 5.26 Å². The number of nitrogens with zero attached hydrogens (tertiary/aromatic N) is 4. The molecule has 0 atom stereocenters. The molecule has 3 aromatic rings. The fourth-order valence-corrected chi connectivity index (χ4v) is 1.99. The number of aromatic nitrogens is 3. The second-order valence-corrected chi connectivity index (χ2v) is 4.32. The molecule has 3 heterocycles. The Hall–Kier alpha value is -2.88. The number of nitriles is 1. The van der Waals surface area contributed by atoms with Gasteiger partial charge in [-0.3, -0.25) is 4.98 Å². The average Bonchev–Trinajstić information content (AvgIpc) is 2.93. The van der Waals surface area contributed by atoms with E-state index in [9.17, 15) is 13.2 Å². The Morgan fingerprint density at radius 2 is 2.00 bits per heavy atom. The summed E-state index contributed by atoms with van der Waals surface area (Å²) in [5.41, 5.74) is 0.655. The Morgan fingerprint density at radius 1 is 1.19 bits per heavy atom. The highest BCUT2D eigenvalue weighted by atomic mass is 19.4. The highest BCUT2D eigenvalue weighted by Crippen LogP contribution is 2.30. The Labute approximate surface area is 117 Å². The standard InChI is InChI=1S/C14H7F3N4/c15-14(16,17)9-3-4-11(19-7-9)13-12-2-1-5-21(12)8-10(6-18)20-13/h1-5,7-8H. The van der Waals surface area contributed by atoms with Gasteiger partial charge in [0.25, 0.3) is 0 Å². The molecule has 0 unspecified atom stereocenters.